The maximum absolute atomic E-state index is 3.44. The first kappa shape index (κ1) is 136. The second-order valence-corrected chi connectivity index (χ2v) is 11.9. The monoisotopic (exact) mass is 1450 g/mol. The minimum atomic E-state index is 0. The Hall–Kier alpha value is 12.4. The maximum Gasteiger partial charge on any atom is 0.0157 e. The van der Waals surface area contributed by atoms with Gasteiger partial charge in [-0.25, -0.2) is 0 Å². The van der Waals surface area contributed by atoms with E-state index in [0.29, 0.717) is 5.41 Å². The molecule has 0 fully saturated rings. The first-order chi connectivity index (χ1) is 27.6. The van der Waals surface area contributed by atoms with Crippen molar-refractivity contribution in [3.8, 4) is 0 Å². The van der Waals surface area contributed by atoms with E-state index in [2.05, 4.69) is 115 Å². The fraction of sp³-hybridized carbons (Fsp3) is 0.564. The SMILES string of the molecule is CC.CC.CC.CC.CC.CC.CC.CC.CC(C)C(C(C)C)(C(C)C)C(C)C.CCN(c1[c-]cccc1)c1[c-]cc(N(c2[c-]cccc2)c2[c-]cccc2)cc1.[Ar].[Ar].[Ar].[Ar].[Ar].[Ar].[Ar].[Ar].[Ar].[Ar].[Y].[Y].[Y]. The third kappa shape index (κ3) is 59.4. The molecule has 419 valence electrons. The van der Waals surface area contributed by atoms with E-state index in [1.807, 2.05) is 184 Å². The van der Waals surface area contributed by atoms with E-state index < -0.39 is 0 Å². The summed E-state index contributed by atoms with van der Waals surface area (Å²) in [5.74, 6) is 3.08. The molecule has 0 aromatic heterocycles. The van der Waals surface area contributed by atoms with Crippen molar-refractivity contribution in [2.75, 3.05) is 16.3 Å². The largest absolute Gasteiger partial charge is 0.409 e. The molecule has 0 N–H and O–H groups in total. The van der Waals surface area contributed by atoms with Gasteiger partial charge in [0.05, 0.1) is 0 Å². The summed E-state index contributed by atoms with van der Waals surface area (Å²) in [4.78, 5) is 4.32. The van der Waals surface area contributed by atoms with Crippen LogP contribution in [0.5, 0.6) is 0 Å². The van der Waals surface area contributed by atoms with Crippen LogP contribution in [0, 0.1) is 431 Å². The van der Waals surface area contributed by atoms with Gasteiger partial charge in [-0.3, -0.25) is 0 Å². The molecule has 4 aromatic carbocycles. The second kappa shape index (κ2) is 103. The van der Waals surface area contributed by atoms with E-state index in [4.69, 9.17) is 0 Å². The standard InChI is InChI=1S/C26H20N2.C13H28.8C2H6.10Ar.3Y/c1-2-27(22-12-6-3-7-13-22)23-18-20-26(21-19-23)28(24-14-8-4-9-15-24)25-16-10-5-11-17-25;1-9(2)13(10(3)4,11(5)6)12(7)8;8*1-2;;;;;;;;;;;;;/h3-12,14,16,18,20-21H,2H2,1H3;9-12H,1-8H3;8*1-2H3;;;;;;;;;;;;;/q-4;;;;;;;;;;;;;;;;;;;;;;. The van der Waals surface area contributed by atoms with Crippen LogP contribution in [-0.4, -0.2) is 6.54 Å². The Morgan fingerprint density at radius 2 is 0.600 bits per heavy atom. The van der Waals surface area contributed by atoms with Crippen molar-refractivity contribution in [3.63, 3.8) is 0 Å². The fourth-order valence-electron chi connectivity index (χ4n) is 7.19. The van der Waals surface area contributed by atoms with E-state index in [-0.39, 0.29) is 476 Å². The summed E-state index contributed by atoms with van der Waals surface area (Å²) >= 11 is 0. The molecule has 70 heavy (non-hydrogen) atoms. The average molecular weight is 1450 g/mol. The Morgan fingerprint density at radius 3 is 0.771 bits per heavy atom. The topological polar surface area (TPSA) is 6.48 Å². The van der Waals surface area contributed by atoms with Gasteiger partial charge >= 0.3 is 0 Å². The van der Waals surface area contributed by atoms with Gasteiger partial charge in [0.25, 0.3) is 0 Å². The van der Waals surface area contributed by atoms with Crippen LogP contribution < -0.4 is 9.80 Å². The number of para-hydroxylation sites is 3. The normalized spacial score (nSPS) is 7.44. The summed E-state index contributed by atoms with van der Waals surface area (Å²) < 4.78 is 0. The molecule has 0 aliphatic heterocycles. The Balaban J connectivity index is -0.0000000320. The maximum atomic E-state index is 3.44. The molecule has 0 bridgehead atoms. The third-order valence-electron chi connectivity index (χ3n) is 8.50. The molecule has 0 atom stereocenters. The van der Waals surface area contributed by atoms with Gasteiger partial charge in [0.1, 0.15) is 0 Å². The van der Waals surface area contributed by atoms with Gasteiger partial charge in [0.2, 0.25) is 0 Å². The van der Waals surface area contributed by atoms with Crippen molar-refractivity contribution in [2.24, 2.45) is 29.1 Å². The van der Waals surface area contributed by atoms with E-state index in [9.17, 15) is 0 Å². The predicted molar refractivity (Wildman–Crippen MR) is 268 cm³/mol. The summed E-state index contributed by atoms with van der Waals surface area (Å²) in [6, 6.07) is 43.5. The summed E-state index contributed by atoms with van der Waals surface area (Å²) in [5, 5.41) is 0. The van der Waals surface area contributed by atoms with Crippen LogP contribution in [0.2, 0.25) is 0 Å². The molecule has 3 radical (unpaired) electrons. The molecule has 0 saturated heterocycles. The molecule has 0 heterocycles. The quantitative estimate of drug-likeness (QED) is 0.146. The zero-order valence-electron chi connectivity index (χ0n) is 47.8. The van der Waals surface area contributed by atoms with Crippen molar-refractivity contribution < 1.29 is 476 Å². The summed E-state index contributed by atoms with van der Waals surface area (Å²) in [6.45, 7) is 54.0. The minimum Gasteiger partial charge on any atom is -0.409 e. The van der Waals surface area contributed by atoms with Crippen LogP contribution in [0.15, 0.2) is 91.0 Å². The number of nitrogens with zero attached hydrogens (tertiary/aromatic N) is 2. The zero-order chi connectivity index (χ0) is 46.0. The Labute approximate surface area is 816 Å². The van der Waals surface area contributed by atoms with Crippen LogP contribution in [0.3, 0.4) is 0 Å². The van der Waals surface area contributed by atoms with Crippen LogP contribution in [0.25, 0.3) is 0 Å². The number of anilines is 5. The van der Waals surface area contributed by atoms with Crippen molar-refractivity contribution in [1.29, 1.82) is 0 Å². The summed E-state index contributed by atoms with van der Waals surface area (Å²) in [6.07, 6.45) is 0. The first-order valence-electron chi connectivity index (χ1n) is 23.1. The number of benzene rings is 4. The van der Waals surface area contributed by atoms with Crippen molar-refractivity contribution in [2.45, 2.75) is 173 Å². The Kier molecular flexibility index (Phi) is 200. The van der Waals surface area contributed by atoms with Gasteiger partial charge < -0.3 is 9.80 Å². The summed E-state index contributed by atoms with van der Waals surface area (Å²) in [5.41, 5.74) is 5.51. The number of hydrogen-bond acceptors (Lipinski definition) is 2. The Bertz CT molecular complexity index is 1240. The van der Waals surface area contributed by atoms with Crippen LogP contribution in [0.1, 0.15) is 173 Å². The van der Waals surface area contributed by atoms with Crippen LogP contribution in [0.4, 0.5) is 28.4 Å². The fourth-order valence-corrected chi connectivity index (χ4v) is 7.19. The average Bonchev–Trinajstić information content (AvgIpc) is 3.28. The van der Waals surface area contributed by atoms with Gasteiger partial charge in [0.15, 0.2) is 0 Å². The second-order valence-electron chi connectivity index (χ2n) is 11.9. The first-order valence-corrected chi connectivity index (χ1v) is 23.1. The van der Waals surface area contributed by atoms with Gasteiger partial charge in [0, 0.05) is 482 Å². The number of rotatable bonds is 10. The summed E-state index contributed by atoms with van der Waals surface area (Å²) in [7, 11) is 0. The van der Waals surface area contributed by atoms with E-state index in [1.54, 1.807) is 0 Å². The molecule has 0 unspecified atom stereocenters. The molecule has 4 rings (SSSR count). The van der Waals surface area contributed by atoms with Gasteiger partial charge in [-0.05, 0) is 36.0 Å². The minimum absolute atomic E-state index is 0. The van der Waals surface area contributed by atoms with E-state index in [0.717, 1.165) is 58.7 Å². The van der Waals surface area contributed by atoms with Crippen LogP contribution >= 0.6 is 0 Å². The molecule has 0 spiro atoms. The molecule has 4 aromatic rings. The molecule has 0 aliphatic rings. The molecule has 0 aliphatic carbocycles. The Morgan fingerprint density at radius 1 is 0.357 bits per heavy atom. The smallest absolute Gasteiger partial charge is 0.0157 e. The van der Waals surface area contributed by atoms with Crippen molar-refractivity contribution >= 4 is 28.4 Å². The van der Waals surface area contributed by atoms with Crippen molar-refractivity contribution in [3.05, 3.63) is 115 Å². The predicted octanol–water partition coefficient (Wildman–Crippen LogP) is 19.3. The van der Waals surface area contributed by atoms with E-state index in [1.165, 1.54) is 0 Å². The van der Waals surface area contributed by atoms with Crippen molar-refractivity contribution in [1.82, 2.24) is 0 Å². The van der Waals surface area contributed by atoms with Crippen LogP contribution in [-0.2, 0) is 98.1 Å². The number of hydrogen-bond donors (Lipinski definition) is 0. The molecule has 15 heteroatoms. The zero-order valence-corrected chi connectivity index (χ0v) is 63.4. The van der Waals surface area contributed by atoms with Gasteiger partial charge in [-0.15, -0.1) is 30.3 Å². The molecular formula is C55H96Ar10N2Y3-4. The molecule has 0 amide bonds. The molecule has 2 nitrogen and oxygen atoms in total. The molecule has 0 saturated carbocycles. The van der Waals surface area contributed by atoms with E-state index >= 15 is 0 Å². The van der Waals surface area contributed by atoms with Gasteiger partial charge in [-0.2, -0.15) is 84.9 Å². The molecular weight excluding hydrogens is 1350 g/mol. The van der Waals surface area contributed by atoms with Gasteiger partial charge in [-0.1, -0.05) is 195 Å². The third-order valence-corrected chi connectivity index (χ3v) is 8.50.